The second-order valence-electron chi connectivity index (χ2n) is 5.88. The van der Waals surface area contributed by atoms with Crippen molar-refractivity contribution in [3.8, 4) is 0 Å². The third kappa shape index (κ3) is 4.43. The number of amides is 1. The Morgan fingerprint density at radius 1 is 1.59 bits per heavy atom. The number of aliphatic imine (C=N–C) groups is 1. The molecule has 2 rings (SSSR count). The lowest BCUT2D eigenvalue weighted by atomic mass is 10.2. The van der Waals surface area contributed by atoms with Gasteiger partial charge in [0, 0.05) is 43.2 Å². The normalized spacial score (nSPS) is 18.9. The zero-order chi connectivity index (χ0) is 16.1. The van der Waals surface area contributed by atoms with Crippen molar-refractivity contribution in [2.24, 2.45) is 10.9 Å². The van der Waals surface area contributed by atoms with Gasteiger partial charge < -0.3 is 15.5 Å². The molecule has 1 amide bonds. The highest BCUT2D eigenvalue weighted by atomic mass is 32.1. The van der Waals surface area contributed by atoms with Gasteiger partial charge in [-0.1, -0.05) is 13.8 Å². The molecule has 2 heterocycles. The molecule has 122 valence electrons. The Kier molecular flexibility index (Phi) is 5.76. The van der Waals surface area contributed by atoms with E-state index in [4.69, 9.17) is 0 Å². The van der Waals surface area contributed by atoms with Crippen molar-refractivity contribution in [3.05, 3.63) is 16.1 Å². The topological polar surface area (TPSA) is 69.6 Å². The number of rotatable bonds is 4. The molecule has 1 saturated heterocycles. The smallest absolute Gasteiger partial charge is 0.225 e. The average molecular weight is 323 g/mol. The summed E-state index contributed by atoms with van der Waals surface area (Å²) in [4.78, 5) is 22.6. The number of aryl methyl sites for hydroxylation is 1. The maximum atomic E-state index is 12.0. The summed E-state index contributed by atoms with van der Waals surface area (Å²) in [5.41, 5.74) is 1.04. The van der Waals surface area contributed by atoms with Gasteiger partial charge in [-0.25, -0.2) is 4.98 Å². The minimum absolute atomic E-state index is 0.0596. The first-order valence-electron chi connectivity index (χ1n) is 7.66. The summed E-state index contributed by atoms with van der Waals surface area (Å²) in [5, 5.41) is 9.75. The molecule has 0 radical (unpaired) electrons. The maximum Gasteiger partial charge on any atom is 0.225 e. The highest BCUT2D eigenvalue weighted by Crippen LogP contribution is 2.13. The molecule has 2 N–H and O–H groups in total. The fourth-order valence-corrected chi connectivity index (χ4v) is 3.19. The van der Waals surface area contributed by atoms with Gasteiger partial charge in [-0.3, -0.25) is 9.79 Å². The Morgan fingerprint density at radius 3 is 2.95 bits per heavy atom. The number of nitrogens with zero attached hydrogens (tertiary/aromatic N) is 3. The van der Waals surface area contributed by atoms with Crippen molar-refractivity contribution in [1.29, 1.82) is 0 Å². The van der Waals surface area contributed by atoms with E-state index in [1.807, 2.05) is 31.1 Å². The van der Waals surface area contributed by atoms with Crippen LogP contribution in [0.1, 0.15) is 31.0 Å². The molecule has 1 fully saturated rings. The summed E-state index contributed by atoms with van der Waals surface area (Å²) in [7, 11) is 1.76. The van der Waals surface area contributed by atoms with Crippen LogP contribution in [0, 0.1) is 12.8 Å². The van der Waals surface area contributed by atoms with Gasteiger partial charge >= 0.3 is 0 Å². The van der Waals surface area contributed by atoms with Crippen LogP contribution >= 0.6 is 11.3 Å². The van der Waals surface area contributed by atoms with E-state index in [1.165, 1.54) is 0 Å². The molecule has 6 nitrogen and oxygen atoms in total. The molecule has 7 heteroatoms. The van der Waals surface area contributed by atoms with E-state index in [-0.39, 0.29) is 17.9 Å². The number of guanidine groups is 1. The van der Waals surface area contributed by atoms with Gasteiger partial charge in [0.15, 0.2) is 5.96 Å². The molecule has 0 aliphatic carbocycles. The molecule has 1 aliphatic heterocycles. The van der Waals surface area contributed by atoms with E-state index < -0.39 is 0 Å². The molecular weight excluding hydrogens is 298 g/mol. The zero-order valence-corrected chi connectivity index (χ0v) is 14.5. The Morgan fingerprint density at radius 2 is 2.36 bits per heavy atom. The summed E-state index contributed by atoms with van der Waals surface area (Å²) in [5.74, 6) is 1.05. The minimum atomic E-state index is 0.0596. The van der Waals surface area contributed by atoms with Crippen LogP contribution in [0.3, 0.4) is 0 Å². The first kappa shape index (κ1) is 16.7. The van der Waals surface area contributed by atoms with Crippen LogP contribution in [0.25, 0.3) is 0 Å². The number of hydrogen-bond acceptors (Lipinski definition) is 4. The molecule has 1 atom stereocenters. The number of likely N-dealkylation sites (tertiary alicyclic amines) is 1. The number of thiazole rings is 1. The Labute approximate surface area is 136 Å². The SMILES string of the molecule is CN=C(NCc1nc(C)cs1)N[C@H]1CCN(C(=O)C(C)C)C1. The minimum Gasteiger partial charge on any atom is -0.352 e. The lowest BCUT2D eigenvalue weighted by Crippen LogP contribution is -2.45. The molecule has 0 aromatic carbocycles. The summed E-state index contributed by atoms with van der Waals surface area (Å²) < 4.78 is 0. The third-order valence-corrected chi connectivity index (χ3v) is 4.60. The van der Waals surface area contributed by atoms with Crippen LogP contribution in [0.4, 0.5) is 0 Å². The standard InChI is InChI=1S/C15H25N5OS/c1-10(2)14(21)20-6-5-12(8-20)19-15(16-4)17-7-13-18-11(3)9-22-13/h9-10,12H,5-8H2,1-4H3,(H2,16,17,19)/t12-/m0/s1. The summed E-state index contributed by atoms with van der Waals surface area (Å²) in [6.07, 6.45) is 0.954. The summed E-state index contributed by atoms with van der Waals surface area (Å²) in [6, 6.07) is 0.256. The second kappa shape index (κ2) is 7.58. The number of hydrogen-bond donors (Lipinski definition) is 2. The highest BCUT2D eigenvalue weighted by Gasteiger charge is 2.27. The summed E-state index contributed by atoms with van der Waals surface area (Å²) in [6.45, 7) is 8.11. The number of nitrogens with one attached hydrogen (secondary N) is 2. The molecule has 0 bridgehead atoms. The molecule has 1 aromatic rings. The molecule has 1 aliphatic rings. The highest BCUT2D eigenvalue weighted by molar-refractivity contribution is 7.09. The van der Waals surface area contributed by atoms with Crippen molar-refractivity contribution in [2.75, 3.05) is 20.1 Å². The van der Waals surface area contributed by atoms with Crippen LogP contribution in [-0.4, -0.2) is 47.9 Å². The Hall–Kier alpha value is -1.63. The Balaban J connectivity index is 1.80. The largest absolute Gasteiger partial charge is 0.352 e. The van der Waals surface area contributed by atoms with E-state index in [0.717, 1.165) is 36.2 Å². The number of carbonyl (C=O) groups excluding carboxylic acids is 1. The van der Waals surface area contributed by atoms with Gasteiger partial charge in [0.05, 0.1) is 6.54 Å². The summed E-state index contributed by atoms with van der Waals surface area (Å²) >= 11 is 1.64. The third-order valence-electron chi connectivity index (χ3n) is 3.63. The molecular formula is C15H25N5OS. The molecule has 22 heavy (non-hydrogen) atoms. The van der Waals surface area contributed by atoms with E-state index in [9.17, 15) is 4.79 Å². The lowest BCUT2D eigenvalue weighted by Gasteiger charge is -2.20. The van der Waals surface area contributed by atoms with E-state index in [2.05, 4.69) is 20.6 Å². The van der Waals surface area contributed by atoms with Crippen molar-refractivity contribution >= 4 is 23.2 Å². The lowest BCUT2D eigenvalue weighted by molar-refractivity contribution is -0.133. The van der Waals surface area contributed by atoms with Crippen LogP contribution in [0.2, 0.25) is 0 Å². The van der Waals surface area contributed by atoms with Crippen LogP contribution in [-0.2, 0) is 11.3 Å². The second-order valence-corrected chi connectivity index (χ2v) is 6.82. The fourth-order valence-electron chi connectivity index (χ4n) is 2.47. The van der Waals surface area contributed by atoms with Crippen LogP contribution in [0.15, 0.2) is 10.4 Å². The first-order chi connectivity index (χ1) is 10.5. The Bertz CT molecular complexity index is 540. The van der Waals surface area contributed by atoms with Gasteiger partial charge in [0.1, 0.15) is 5.01 Å². The molecule has 0 spiro atoms. The first-order valence-corrected chi connectivity index (χ1v) is 8.54. The maximum absolute atomic E-state index is 12.0. The van der Waals surface area contributed by atoms with Gasteiger partial charge in [0.25, 0.3) is 0 Å². The number of aromatic nitrogens is 1. The van der Waals surface area contributed by atoms with Gasteiger partial charge in [-0.15, -0.1) is 11.3 Å². The zero-order valence-electron chi connectivity index (χ0n) is 13.7. The predicted molar refractivity (Wildman–Crippen MR) is 90.0 cm³/mol. The van der Waals surface area contributed by atoms with E-state index >= 15 is 0 Å². The quantitative estimate of drug-likeness (QED) is 0.649. The van der Waals surface area contributed by atoms with Gasteiger partial charge in [0.2, 0.25) is 5.91 Å². The van der Waals surface area contributed by atoms with Crippen LogP contribution < -0.4 is 10.6 Å². The van der Waals surface area contributed by atoms with Crippen LogP contribution in [0.5, 0.6) is 0 Å². The predicted octanol–water partition coefficient (Wildman–Crippen LogP) is 1.37. The van der Waals surface area contributed by atoms with Gasteiger partial charge in [-0.2, -0.15) is 0 Å². The van der Waals surface area contributed by atoms with Crippen molar-refractivity contribution in [2.45, 2.75) is 39.8 Å². The number of carbonyl (C=O) groups is 1. The average Bonchev–Trinajstić information content (AvgIpc) is 3.11. The molecule has 0 saturated carbocycles. The van der Waals surface area contributed by atoms with Crippen molar-refractivity contribution in [3.63, 3.8) is 0 Å². The molecule has 1 aromatic heterocycles. The van der Waals surface area contributed by atoms with E-state index in [1.54, 1.807) is 18.4 Å². The monoisotopic (exact) mass is 323 g/mol. The molecule has 0 unspecified atom stereocenters. The van der Waals surface area contributed by atoms with Crippen molar-refractivity contribution < 1.29 is 4.79 Å². The van der Waals surface area contributed by atoms with Gasteiger partial charge in [-0.05, 0) is 13.3 Å². The van der Waals surface area contributed by atoms with Crippen molar-refractivity contribution in [1.82, 2.24) is 20.5 Å². The fraction of sp³-hybridized carbons (Fsp3) is 0.667. The van der Waals surface area contributed by atoms with E-state index in [0.29, 0.717) is 6.54 Å².